The third-order valence-corrected chi connectivity index (χ3v) is 3.58. The van der Waals surface area contributed by atoms with Crippen molar-refractivity contribution in [2.24, 2.45) is 0 Å². The van der Waals surface area contributed by atoms with Crippen molar-refractivity contribution in [3.63, 3.8) is 0 Å². The van der Waals surface area contributed by atoms with Gasteiger partial charge in [-0.15, -0.1) is 0 Å². The average molecular weight is 353 g/mol. The molecule has 0 aliphatic rings. The van der Waals surface area contributed by atoms with E-state index in [9.17, 15) is 18.0 Å². The second-order valence-electron chi connectivity index (χ2n) is 5.34. The zero-order valence-electron chi connectivity index (χ0n) is 13.8. The Kier molecular flexibility index (Phi) is 5.90. The van der Waals surface area contributed by atoms with Crippen molar-refractivity contribution in [2.45, 2.75) is 12.7 Å². The normalized spacial score (nSPS) is 11.1. The molecule has 0 aromatic heterocycles. The third kappa shape index (κ3) is 4.89. The predicted molar refractivity (Wildman–Crippen MR) is 86.4 cm³/mol. The van der Waals surface area contributed by atoms with E-state index < -0.39 is 17.6 Å². The fourth-order valence-corrected chi connectivity index (χ4v) is 2.27. The Balaban J connectivity index is 2.02. The average Bonchev–Trinajstić information content (AvgIpc) is 2.59. The van der Waals surface area contributed by atoms with E-state index in [4.69, 9.17) is 9.47 Å². The van der Waals surface area contributed by atoms with Gasteiger partial charge in [0, 0.05) is 13.6 Å². The van der Waals surface area contributed by atoms with Crippen LogP contribution < -0.4 is 9.47 Å². The number of amides is 1. The lowest BCUT2D eigenvalue weighted by molar-refractivity contribution is -0.140. The fourth-order valence-electron chi connectivity index (χ4n) is 2.27. The van der Waals surface area contributed by atoms with E-state index in [0.29, 0.717) is 11.5 Å². The van der Waals surface area contributed by atoms with Gasteiger partial charge in [-0.2, -0.15) is 13.2 Å². The monoisotopic (exact) mass is 353 g/mol. The van der Waals surface area contributed by atoms with Crippen molar-refractivity contribution in [1.82, 2.24) is 4.90 Å². The summed E-state index contributed by atoms with van der Waals surface area (Å²) in [6.45, 7) is -0.463. The SMILES string of the molecule is COc1ccccc1OCC(=O)N(C)Cc1ccccc1C(F)(F)F. The summed E-state index contributed by atoms with van der Waals surface area (Å²) in [5, 5.41) is 0. The van der Waals surface area contributed by atoms with E-state index in [1.54, 1.807) is 24.3 Å². The summed E-state index contributed by atoms with van der Waals surface area (Å²) in [6, 6.07) is 12.0. The molecule has 0 aliphatic carbocycles. The van der Waals surface area contributed by atoms with Crippen molar-refractivity contribution in [2.75, 3.05) is 20.8 Å². The van der Waals surface area contributed by atoms with Gasteiger partial charge < -0.3 is 14.4 Å². The minimum absolute atomic E-state index is 0.0307. The topological polar surface area (TPSA) is 38.8 Å². The number of benzene rings is 2. The first-order valence-corrected chi connectivity index (χ1v) is 7.48. The lowest BCUT2D eigenvalue weighted by Gasteiger charge is -2.20. The number of likely N-dealkylation sites (N-methyl/N-ethyl adjacent to an activating group) is 1. The van der Waals surface area contributed by atoms with Gasteiger partial charge in [0.2, 0.25) is 0 Å². The number of para-hydroxylation sites is 2. The van der Waals surface area contributed by atoms with Crippen molar-refractivity contribution in [1.29, 1.82) is 0 Å². The minimum Gasteiger partial charge on any atom is -0.493 e. The van der Waals surface area contributed by atoms with Crippen molar-refractivity contribution in [3.8, 4) is 11.5 Å². The predicted octanol–water partition coefficient (Wildman–Crippen LogP) is 3.75. The molecule has 2 rings (SSSR count). The van der Waals surface area contributed by atoms with Gasteiger partial charge in [-0.05, 0) is 23.8 Å². The highest BCUT2D eigenvalue weighted by molar-refractivity contribution is 5.77. The summed E-state index contributed by atoms with van der Waals surface area (Å²) < 4.78 is 49.6. The Bertz CT molecular complexity index is 732. The Hall–Kier alpha value is -2.70. The molecule has 0 spiro atoms. The molecule has 0 aliphatic heterocycles. The van der Waals surface area contributed by atoms with Crippen LogP contribution in [0.5, 0.6) is 11.5 Å². The Morgan fingerprint density at radius 3 is 2.28 bits per heavy atom. The highest BCUT2D eigenvalue weighted by Gasteiger charge is 2.33. The van der Waals surface area contributed by atoms with Crippen LogP contribution in [0.25, 0.3) is 0 Å². The molecule has 1 amide bonds. The summed E-state index contributed by atoms with van der Waals surface area (Å²) in [5.41, 5.74) is -0.719. The van der Waals surface area contributed by atoms with Crippen LogP contribution in [0.2, 0.25) is 0 Å². The minimum atomic E-state index is -4.46. The molecule has 2 aromatic carbocycles. The third-order valence-electron chi connectivity index (χ3n) is 3.58. The molecule has 7 heteroatoms. The zero-order valence-corrected chi connectivity index (χ0v) is 13.8. The van der Waals surface area contributed by atoms with Gasteiger partial charge in [-0.1, -0.05) is 30.3 Å². The van der Waals surface area contributed by atoms with E-state index in [0.717, 1.165) is 6.07 Å². The van der Waals surface area contributed by atoms with Gasteiger partial charge in [0.1, 0.15) is 0 Å². The number of hydrogen-bond donors (Lipinski definition) is 0. The number of methoxy groups -OCH3 is 1. The molecular formula is C18H18F3NO3. The summed E-state index contributed by atoms with van der Waals surface area (Å²) >= 11 is 0. The molecule has 0 heterocycles. The number of carbonyl (C=O) groups is 1. The van der Waals surface area contributed by atoms with Crippen LogP contribution in [-0.4, -0.2) is 31.6 Å². The first-order chi connectivity index (χ1) is 11.8. The standard InChI is InChI=1S/C18H18F3NO3/c1-22(11-13-7-3-4-8-14(13)18(19,20)21)17(23)12-25-16-10-6-5-9-15(16)24-2/h3-10H,11-12H2,1-2H3. The first kappa shape index (κ1) is 18.6. The molecule has 0 N–H and O–H groups in total. The lowest BCUT2D eigenvalue weighted by Crippen LogP contribution is -2.31. The molecule has 0 saturated heterocycles. The van der Waals surface area contributed by atoms with Crippen molar-refractivity contribution < 1.29 is 27.4 Å². The Morgan fingerprint density at radius 1 is 1.04 bits per heavy atom. The van der Waals surface area contributed by atoms with Gasteiger partial charge in [0.15, 0.2) is 18.1 Å². The number of alkyl halides is 3. The van der Waals surface area contributed by atoms with Crippen LogP contribution in [-0.2, 0) is 17.5 Å². The number of ether oxygens (including phenoxy) is 2. The Labute approximate surface area is 143 Å². The largest absolute Gasteiger partial charge is 0.493 e. The van der Waals surface area contributed by atoms with Crippen LogP contribution in [0, 0.1) is 0 Å². The van der Waals surface area contributed by atoms with E-state index >= 15 is 0 Å². The molecule has 0 bridgehead atoms. The maximum atomic E-state index is 13.0. The molecule has 25 heavy (non-hydrogen) atoms. The fraction of sp³-hybridized carbons (Fsp3) is 0.278. The van der Waals surface area contributed by atoms with Crippen LogP contribution in [0.15, 0.2) is 48.5 Å². The highest BCUT2D eigenvalue weighted by Crippen LogP contribution is 2.32. The molecule has 2 aromatic rings. The molecule has 0 radical (unpaired) electrons. The number of halogens is 3. The zero-order chi connectivity index (χ0) is 18.4. The van der Waals surface area contributed by atoms with Crippen LogP contribution in [0.1, 0.15) is 11.1 Å². The quantitative estimate of drug-likeness (QED) is 0.794. The molecule has 0 atom stereocenters. The van der Waals surface area contributed by atoms with Gasteiger partial charge >= 0.3 is 6.18 Å². The number of carbonyl (C=O) groups excluding carboxylic acids is 1. The van der Waals surface area contributed by atoms with E-state index in [-0.39, 0.29) is 18.7 Å². The molecular weight excluding hydrogens is 335 g/mol. The second-order valence-corrected chi connectivity index (χ2v) is 5.34. The van der Waals surface area contributed by atoms with Crippen LogP contribution in [0.3, 0.4) is 0 Å². The molecule has 134 valence electrons. The highest BCUT2D eigenvalue weighted by atomic mass is 19.4. The first-order valence-electron chi connectivity index (χ1n) is 7.48. The van der Waals surface area contributed by atoms with Gasteiger partial charge in [-0.3, -0.25) is 4.79 Å². The maximum Gasteiger partial charge on any atom is 0.416 e. The molecule has 4 nitrogen and oxygen atoms in total. The summed E-state index contributed by atoms with van der Waals surface area (Å²) in [4.78, 5) is 13.4. The number of rotatable bonds is 6. The van der Waals surface area contributed by atoms with E-state index in [1.807, 2.05) is 0 Å². The maximum absolute atomic E-state index is 13.0. The molecule has 0 saturated carbocycles. The summed E-state index contributed by atoms with van der Waals surface area (Å²) in [5.74, 6) is 0.422. The van der Waals surface area contributed by atoms with Gasteiger partial charge in [-0.25, -0.2) is 0 Å². The molecule has 0 unspecified atom stereocenters. The smallest absolute Gasteiger partial charge is 0.416 e. The summed E-state index contributed by atoms with van der Waals surface area (Å²) in [7, 11) is 2.91. The van der Waals surface area contributed by atoms with E-state index in [2.05, 4.69) is 0 Å². The molecule has 0 fully saturated rings. The summed E-state index contributed by atoms with van der Waals surface area (Å²) in [6.07, 6.45) is -4.46. The number of hydrogen-bond acceptors (Lipinski definition) is 3. The Morgan fingerprint density at radius 2 is 1.64 bits per heavy atom. The van der Waals surface area contributed by atoms with Crippen molar-refractivity contribution in [3.05, 3.63) is 59.7 Å². The van der Waals surface area contributed by atoms with Crippen LogP contribution >= 0.6 is 0 Å². The van der Waals surface area contributed by atoms with E-state index in [1.165, 1.54) is 37.3 Å². The lowest BCUT2D eigenvalue weighted by atomic mass is 10.1. The second kappa shape index (κ2) is 7.92. The van der Waals surface area contributed by atoms with Crippen LogP contribution in [0.4, 0.5) is 13.2 Å². The van der Waals surface area contributed by atoms with Crippen molar-refractivity contribution >= 4 is 5.91 Å². The van der Waals surface area contributed by atoms with Gasteiger partial charge in [0.25, 0.3) is 5.91 Å². The van der Waals surface area contributed by atoms with Gasteiger partial charge in [0.05, 0.1) is 12.7 Å². The number of nitrogens with zero attached hydrogens (tertiary/aromatic N) is 1.